The van der Waals surface area contributed by atoms with Gasteiger partial charge >= 0.3 is 13.8 Å². The molecule has 0 heterocycles. The molecular formula is C4H12N3O3P. The van der Waals surface area contributed by atoms with Crippen molar-refractivity contribution in [3.05, 3.63) is 0 Å². The van der Waals surface area contributed by atoms with Crippen LogP contribution in [-0.4, -0.2) is 12.1 Å². The van der Waals surface area contributed by atoms with E-state index < -0.39 is 13.8 Å². The van der Waals surface area contributed by atoms with Gasteiger partial charge in [-0.1, -0.05) is 0 Å². The molecule has 0 rings (SSSR count). The molecule has 11 heavy (non-hydrogen) atoms. The fourth-order valence-electron chi connectivity index (χ4n) is 0.520. The zero-order valence-corrected chi connectivity index (χ0v) is 7.30. The summed E-state index contributed by atoms with van der Waals surface area (Å²) in [6, 6.07) is -0.134. The minimum absolute atomic E-state index is 0.134. The number of nitrogens with two attached hydrogens (primary N) is 2. The van der Waals surface area contributed by atoms with Gasteiger partial charge in [0.1, 0.15) is 0 Å². The molecule has 66 valence electrons. The maximum Gasteiger partial charge on any atom is 0.411 e. The average molecular weight is 181 g/mol. The molecule has 7 heteroatoms. The van der Waals surface area contributed by atoms with Crippen LogP contribution in [0.15, 0.2) is 0 Å². The van der Waals surface area contributed by atoms with E-state index in [-0.39, 0.29) is 6.04 Å². The van der Waals surface area contributed by atoms with Gasteiger partial charge in [-0.3, -0.25) is 0 Å². The number of primary amides is 1. The van der Waals surface area contributed by atoms with E-state index in [2.05, 4.69) is 15.3 Å². The molecule has 1 atom stereocenters. The first-order valence-corrected chi connectivity index (χ1v) is 4.68. The van der Waals surface area contributed by atoms with Gasteiger partial charge in [0.15, 0.2) is 0 Å². The highest BCUT2D eigenvalue weighted by molar-refractivity contribution is 7.54. The molecule has 0 aliphatic rings. The molecule has 0 aromatic heterocycles. The number of rotatable bonds is 3. The number of hydrogen-bond donors (Lipinski definition) is 3. The monoisotopic (exact) mass is 181 g/mol. The van der Waals surface area contributed by atoms with Crippen LogP contribution in [0.3, 0.4) is 0 Å². The molecule has 0 spiro atoms. The number of nitrogens with one attached hydrogen (secondary N) is 1. The average Bonchev–Trinajstić information content (AvgIpc) is 1.53. The number of amides is 1. The molecule has 0 radical (unpaired) electrons. The highest BCUT2D eigenvalue weighted by Crippen LogP contribution is 2.32. The fraction of sp³-hybridized carbons (Fsp3) is 0.750. The summed E-state index contributed by atoms with van der Waals surface area (Å²) in [4.78, 5) is 10.1. The van der Waals surface area contributed by atoms with Crippen LogP contribution in [0, 0.1) is 0 Å². The summed E-state index contributed by atoms with van der Waals surface area (Å²) in [6.07, 6.45) is -1.15. The Morgan fingerprint density at radius 2 is 2.09 bits per heavy atom. The van der Waals surface area contributed by atoms with Crippen molar-refractivity contribution in [3.8, 4) is 0 Å². The standard InChI is InChI=1S/C4H12N3O3P/c1-3(2)7-11(6,9)10-4(5)8/h3H,1-2H3,(H2,5,8)(H3,6,7,9). The molecule has 6 nitrogen and oxygen atoms in total. The second-order valence-electron chi connectivity index (χ2n) is 2.29. The summed E-state index contributed by atoms with van der Waals surface area (Å²) in [6.45, 7) is 3.42. The largest absolute Gasteiger partial charge is 0.411 e. The third-order valence-corrected chi connectivity index (χ3v) is 1.99. The molecule has 0 saturated heterocycles. The van der Waals surface area contributed by atoms with Crippen molar-refractivity contribution in [2.24, 2.45) is 11.2 Å². The molecular weight excluding hydrogens is 169 g/mol. The van der Waals surface area contributed by atoms with E-state index >= 15 is 0 Å². The van der Waals surface area contributed by atoms with Crippen LogP contribution in [0.5, 0.6) is 0 Å². The summed E-state index contributed by atoms with van der Waals surface area (Å²) < 4.78 is 15.1. The van der Waals surface area contributed by atoms with Crippen molar-refractivity contribution in [2.45, 2.75) is 19.9 Å². The maximum atomic E-state index is 11.0. The van der Waals surface area contributed by atoms with Crippen LogP contribution in [0.1, 0.15) is 13.8 Å². The topological polar surface area (TPSA) is 107 Å². The molecule has 5 N–H and O–H groups in total. The van der Waals surface area contributed by atoms with Crippen LogP contribution >= 0.6 is 7.67 Å². The van der Waals surface area contributed by atoms with E-state index in [0.717, 1.165) is 0 Å². The van der Waals surface area contributed by atoms with Crippen molar-refractivity contribution in [3.63, 3.8) is 0 Å². The SMILES string of the molecule is CC(C)NP(N)(=O)OC(N)=O. The second-order valence-corrected chi connectivity index (χ2v) is 3.93. The summed E-state index contributed by atoms with van der Waals surface area (Å²) in [7, 11) is -3.53. The molecule has 0 aromatic carbocycles. The van der Waals surface area contributed by atoms with Crippen molar-refractivity contribution < 1.29 is 13.9 Å². The minimum atomic E-state index is -3.53. The predicted octanol–water partition coefficient (Wildman–Crippen LogP) is 0.147. The van der Waals surface area contributed by atoms with Gasteiger partial charge in [-0.25, -0.2) is 20.0 Å². The lowest BCUT2D eigenvalue weighted by Crippen LogP contribution is -2.28. The first-order valence-electron chi connectivity index (χ1n) is 2.99. The first kappa shape index (κ1) is 10.4. The zero-order chi connectivity index (χ0) is 9.07. The predicted molar refractivity (Wildman–Crippen MR) is 40.7 cm³/mol. The molecule has 0 aromatic rings. The van der Waals surface area contributed by atoms with Crippen molar-refractivity contribution in [1.29, 1.82) is 0 Å². The minimum Gasteiger partial charge on any atom is -0.373 e. The third-order valence-electron chi connectivity index (χ3n) is 0.664. The van der Waals surface area contributed by atoms with Gasteiger partial charge in [-0.15, -0.1) is 0 Å². The van der Waals surface area contributed by atoms with Crippen molar-refractivity contribution in [2.75, 3.05) is 0 Å². The molecule has 0 aliphatic heterocycles. The van der Waals surface area contributed by atoms with E-state index in [0.29, 0.717) is 0 Å². The van der Waals surface area contributed by atoms with Crippen LogP contribution < -0.4 is 16.3 Å². The van der Waals surface area contributed by atoms with Gasteiger partial charge in [-0.05, 0) is 13.8 Å². The summed E-state index contributed by atoms with van der Waals surface area (Å²) in [5.74, 6) is 0. The Bertz CT molecular complexity index is 193. The number of carbonyl (C=O) groups excluding carboxylic acids is 1. The third kappa shape index (κ3) is 5.84. The Hall–Kier alpha value is -0.580. The molecule has 0 fully saturated rings. The van der Waals surface area contributed by atoms with Crippen LogP contribution in [-0.2, 0) is 9.09 Å². The lowest BCUT2D eigenvalue weighted by Gasteiger charge is -2.14. The van der Waals surface area contributed by atoms with Gasteiger partial charge in [0.05, 0.1) is 0 Å². The van der Waals surface area contributed by atoms with E-state index in [4.69, 9.17) is 5.50 Å². The fourth-order valence-corrected chi connectivity index (χ4v) is 1.56. The van der Waals surface area contributed by atoms with E-state index in [1.165, 1.54) is 0 Å². The Balaban J connectivity index is 4.01. The second kappa shape index (κ2) is 3.71. The van der Waals surface area contributed by atoms with Crippen molar-refractivity contribution >= 4 is 13.8 Å². The van der Waals surface area contributed by atoms with Crippen LogP contribution in [0.4, 0.5) is 4.79 Å². The van der Waals surface area contributed by atoms with E-state index in [1.54, 1.807) is 13.8 Å². The molecule has 1 amide bonds. The molecule has 0 saturated carbocycles. The molecule has 1 unspecified atom stereocenters. The quantitative estimate of drug-likeness (QED) is 0.537. The van der Waals surface area contributed by atoms with Crippen LogP contribution in [0.25, 0.3) is 0 Å². The van der Waals surface area contributed by atoms with Gasteiger partial charge in [0, 0.05) is 6.04 Å². The smallest absolute Gasteiger partial charge is 0.373 e. The Kier molecular flexibility index (Phi) is 3.51. The summed E-state index contributed by atoms with van der Waals surface area (Å²) >= 11 is 0. The lowest BCUT2D eigenvalue weighted by molar-refractivity contribution is 0.210. The lowest BCUT2D eigenvalue weighted by atomic mass is 10.4. The van der Waals surface area contributed by atoms with Crippen LogP contribution in [0.2, 0.25) is 0 Å². The highest BCUT2D eigenvalue weighted by Gasteiger charge is 2.20. The number of carbonyl (C=O) groups is 1. The first-order chi connectivity index (χ1) is 4.83. The van der Waals surface area contributed by atoms with Crippen molar-refractivity contribution in [1.82, 2.24) is 5.09 Å². The van der Waals surface area contributed by atoms with Gasteiger partial charge < -0.3 is 10.3 Å². The van der Waals surface area contributed by atoms with E-state index in [9.17, 15) is 9.36 Å². The van der Waals surface area contributed by atoms with E-state index in [1.807, 2.05) is 0 Å². The Labute approximate surface area is 64.8 Å². The number of hydrogen-bond acceptors (Lipinski definition) is 3. The maximum absolute atomic E-state index is 11.0. The zero-order valence-electron chi connectivity index (χ0n) is 6.40. The molecule has 0 bridgehead atoms. The Morgan fingerprint density at radius 1 is 1.64 bits per heavy atom. The summed E-state index contributed by atoms with van der Waals surface area (Å²) in [5.41, 5.74) is 9.64. The molecule has 0 aliphatic carbocycles. The normalized spacial score (nSPS) is 16.0. The highest BCUT2D eigenvalue weighted by atomic mass is 31.2. The summed E-state index contributed by atoms with van der Waals surface area (Å²) in [5, 5.41) is 2.36. The van der Waals surface area contributed by atoms with Gasteiger partial charge in [0.25, 0.3) is 0 Å². The van der Waals surface area contributed by atoms with Gasteiger partial charge in [0.2, 0.25) is 0 Å². The van der Waals surface area contributed by atoms with Gasteiger partial charge in [-0.2, -0.15) is 0 Å². The Morgan fingerprint density at radius 3 is 2.36 bits per heavy atom.